The van der Waals surface area contributed by atoms with Gasteiger partial charge in [-0.25, -0.2) is 44.9 Å². The Morgan fingerprint density at radius 2 is 0.654 bits per heavy atom. The maximum absolute atomic E-state index is 12.7. The molecule has 650 valence electrons. The lowest BCUT2D eigenvalue weighted by Crippen LogP contribution is -2.19. The van der Waals surface area contributed by atoms with Gasteiger partial charge in [-0.2, -0.15) is 15.2 Å². The number of hydrogen-bond acceptors (Lipinski definition) is 29. The number of nitriles is 1. The minimum Gasteiger partial charge on any atom is -0.368 e. The lowest BCUT2D eigenvalue weighted by molar-refractivity contribution is -0.117. The van der Waals surface area contributed by atoms with Gasteiger partial charge in [0.2, 0.25) is 34.9 Å². The van der Waals surface area contributed by atoms with E-state index < -0.39 is 0 Å². The van der Waals surface area contributed by atoms with E-state index >= 15 is 0 Å². The van der Waals surface area contributed by atoms with Gasteiger partial charge in [0.15, 0.2) is 0 Å². The third-order valence-electron chi connectivity index (χ3n) is 20.4. The first-order valence-electron chi connectivity index (χ1n) is 41.0. The van der Waals surface area contributed by atoms with E-state index in [-0.39, 0.29) is 61.0 Å². The minimum atomic E-state index is -0.247. The molecule has 6 N–H and O–H groups in total. The van der Waals surface area contributed by atoms with Gasteiger partial charge in [0.25, 0.3) is 0 Å². The van der Waals surface area contributed by atoms with E-state index in [4.69, 9.17) is 17.3 Å². The van der Waals surface area contributed by atoms with Crippen LogP contribution < -0.4 is 27.0 Å². The third-order valence-corrected chi connectivity index (χ3v) is 20.5. The van der Waals surface area contributed by atoms with E-state index in [1.165, 1.54) is 6.20 Å². The van der Waals surface area contributed by atoms with Crippen molar-refractivity contribution in [2.45, 2.75) is 60.8 Å². The van der Waals surface area contributed by atoms with Crippen molar-refractivity contribution in [1.82, 2.24) is 133 Å². The van der Waals surface area contributed by atoms with Gasteiger partial charge in [-0.15, -0.1) is 0 Å². The molecule has 0 radical (unpaired) electrons. The van der Waals surface area contributed by atoms with Crippen LogP contribution in [0.2, 0.25) is 5.28 Å². The van der Waals surface area contributed by atoms with Crippen molar-refractivity contribution in [3.05, 3.63) is 316 Å². The zero-order chi connectivity index (χ0) is 91.9. The summed E-state index contributed by atoms with van der Waals surface area (Å²) in [5.74, 6) is 1.59. The maximum Gasteiger partial charge on any atom is 0.245 e. The largest absolute Gasteiger partial charge is 0.368 e. The number of hydrogen-bond donors (Lipinski definition) is 5. The van der Waals surface area contributed by atoms with Crippen molar-refractivity contribution < 1.29 is 19.2 Å². The number of nitrogen functional groups attached to an aromatic ring is 1. The van der Waals surface area contributed by atoms with Gasteiger partial charge in [0.1, 0.15) is 83.9 Å². The molecule has 0 aliphatic rings. The van der Waals surface area contributed by atoms with E-state index in [0.29, 0.717) is 85.7 Å². The minimum absolute atomic E-state index is 0.0409. The number of amides is 4. The normalized spacial score (nSPS) is 10.9. The molecule has 0 saturated carbocycles. The van der Waals surface area contributed by atoms with Gasteiger partial charge in [-0.3, -0.25) is 79.0 Å². The Bertz CT molecular complexity index is 7170. The highest BCUT2D eigenvalue weighted by molar-refractivity contribution is 6.29. The van der Waals surface area contributed by atoms with Crippen LogP contribution in [0.3, 0.4) is 0 Å². The van der Waals surface area contributed by atoms with Gasteiger partial charge < -0.3 is 45.3 Å². The Hall–Kier alpha value is -18.5. The molecular formula is C95H74ClN33O4. The predicted octanol–water partition coefficient (Wildman–Crippen LogP) is 14.2. The number of rotatable bonds is 20. The van der Waals surface area contributed by atoms with Crippen molar-refractivity contribution in [3.63, 3.8) is 0 Å². The summed E-state index contributed by atoms with van der Waals surface area (Å²) in [6.45, 7) is 9.74. The number of anilines is 5. The standard InChI is InChI=1S/C25H18N8O.C24H20N8O.C23H17ClN8O.C23H19N9O/c1-16-10-17(4-6-28-16)24-19(11-26)13-31-25-20(24)5-9-33(25)15-23(34)32-22-3-2-18(12-30-22)21-14-27-7-8-29-21;1-15-11-17(5-7-26-15)23-19-6-10-32(24(19)30-16(2)29-23)14-22(33)31-21-4-3-18(12-28-21)20-13-25-8-9-27-20;2*1-14-10-15(4-6-26-14)21-17-5-9-32(22(17)31-23(24)30-21)13-20(33)29-19-3-2-16(11-28-19)18-12-25-7-8-27-18/h2-10,12-14H,15H2,1H3,(H,30,32,34);3-13H,14H2,1-2H3,(H,28,31,33);2-12H,13H2,1H3,(H,28,29,33);2-12H,13H2,1H3,(H2,24,30,31)(H,28,29,33). The number of carbonyl (C=O) groups is 4. The summed E-state index contributed by atoms with van der Waals surface area (Å²) in [5, 5.41) is 24.2. The molecular weight excluding hydrogens is 1700 g/mol. The van der Waals surface area contributed by atoms with E-state index in [1.54, 1.807) is 180 Å². The van der Waals surface area contributed by atoms with E-state index in [1.807, 2.05) is 142 Å². The molecule has 0 aliphatic carbocycles. The molecule has 38 heteroatoms. The van der Waals surface area contributed by atoms with E-state index in [0.717, 1.165) is 106 Å². The summed E-state index contributed by atoms with van der Waals surface area (Å²) in [7, 11) is 0. The number of aryl methyl sites for hydroxylation is 5. The smallest absolute Gasteiger partial charge is 0.245 e. The van der Waals surface area contributed by atoms with Crippen molar-refractivity contribution in [2.75, 3.05) is 27.0 Å². The fraction of sp³-hybridized carbons (Fsp3) is 0.0947. The number of carbonyl (C=O) groups excluding carboxylic acids is 4. The van der Waals surface area contributed by atoms with Gasteiger partial charge >= 0.3 is 0 Å². The summed E-state index contributed by atoms with van der Waals surface area (Å²) in [6, 6.07) is 39.3. The molecule has 20 aromatic heterocycles. The highest BCUT2D eigenvalue weighted by Crippen LogP contribution is 2.35. The molecule has 0 atom stereocenters. The van der Waals surface area contributed by atoms with Crippen LogP contribution in [0.5, 0.6) is 0 Å². The molecule has 20 rings (SSSR count). The number of nitrogens with two attached hydrogens (primary N) is 1. The first-order chi connectivity index (χ1) is 64.8. The zero-order valence-electron chi connectivity index (χ0n) is 71.4. The summed E-state index contributed by atoms with van der Waals surface area (Å²) in [5.41, 5.74) is 25.1. The molecule has 20 heterocycles. The Morgan fingerprint density at radius 3 is 1.00 bits per heavy atom. The topological polar surface area (TPSA) is 482 Å². The number of halogens is 1. The van der Waals surface area contributed by atoms with E-state index in [2.05, 4.69) is 142 Å². The van der Waals surface area contributed by atoms with Crippen LogP contribution >= 0.6 is 11.6 Å². The number of aromatic nitrogens is 27. The molecule has 133 heavy (non-hydrogen) atoms. The van der Waals surface area contributed by atoms with Gasteiger partial charge in [0, 0.05) is 219 Å². The van der Waals surface area contributed by atoms with Crippen molar-refractivity contribution in [3.8, 4) is 96.0 Å². The average molecular weight is 1780 g/mol. The average Bonchev–Trinajstić information content (AvgIpc) is 1.69. The molecule has 20 aromatic rings. The highest BCUT2D eigenvalue weighted by atomic mass is 35.5. The number of nitrogens with zero attached hydrogens (tertiary/aromatic N) is 28. The summed E-state index contributed by atoms with van der Waals surface area (Å²) in [6.07, 6.45) is 41.8. The third kappa shape index (κ3) is 20.8. The lowest BCUT2D eigenvalue weighted by atomic mass is 9.99. The molecule has 0 aromatic carbocycles. The molecule has 37 nitrogen and oxygen atoms in total. The monoisotopic (exact) mass is 1780 g/mol. The quantitative estimate of drug-likeness (QED) is 0.0442. The maximum atomic E-state index is 12.7. The Kier molecular flexibility index (Phi) is 25.8. The van der Waals surface area contributed by atoms with Crippen LogP contribution in [-0.2, 0) is 45.4 Å². The lowest BCUT2D eigenvalue weighted by Gasteiger charge is -2.09. The summed E-state index contributed by atoms with van der Waals surface area (Å²) < 4.78 is 7.01. The molecule has 0 bridgehead atoms. The van der Waals surface area contributed by atoms with Crippen molar-refractivity contribution >= 4 is 109 Å². The Balaban J connectivity index is 0.000000124. The molecule has 0 fully saturated rings. The predicted molar refractivity (Wildman–Crippen MR) is 499 cm³/mol. The van der Waals surface area contributed by atoms with Crippen LogP contribution in [0.15, 0.2) is 276 Å². The van der Waals surface area contributed by atoms with Gasteiger partial charge in [0.05, 0.1) is 70.2 Å². The Labute approximate surface area is 761 Å². The SMILES string of the molecule is Cc1cc(-c2c(C#N)cnc3c2ccn3CC(=O)Nc2ccc(-c3cnccn3)cn2)ccn1.Cc1cc(-c2nc(C)nc3c2ccn3CC(=O)Nc2ccc(-c3cnccn3)cn2)ccn1.Cc1cc(-c2nc(Cl)nc3c2ccn3CC(=O)Nc2ccc(-c3cnccn3)cn2)ccn1.Cc1cc(-c2nc(N)nc3c2ccn3CC(=O)Nc2ccc(-c3cnccn3)cn2)ccn1. The highest BCUT2D eigenvalue weighted by Gasteiger charge is 2.22. The second-order valence-corrected chi connectivity index (χ2v) is 30.1. The fourth-order valence-corrected chi connectivity index (χ4v) is 14.6. The fourth-order valence-electron chi connectivity index (χ4n) is 14.4. The van der Waals surface area contributed by atoms with Gasteiger partial charge in [-0.1, -0.05) is 0 Å². The van der Waals surface area contributed by atoms with Crippen molar-refractivity contribution in [1.29, 1.82) is 5.26 Å². The first-order valence-corrected chi connectivity index (χ1v) is 41.4. The van der Waals surface area contributed by atoms with Crippen LogP contribution in [0.25, 0.3) is 134 Å². The van der Waals surface area contributed by atoms with Crippen molar-refractivity contribution in [2.24, 2.45) is 0 Å². The molecule has 0 saturated heterocycles. The molecule has 0 aliphatic heterocycles. The number of pyridine rings is 9. The Morgan fingerprint density at radius 1 is 0.323 bits per heavy atom. The molecule has 4 amide bonds. The number of nitrogens with one attached hydrogen (secondary N) is 4. The van der Waals surface area contributed by atoms with Gasteiger partial charge in [-0.05, 0) is 173 Å². The van der Waals surface area contributed by atoms with Crippen LogP contribution in [-0.4, -0.2) is 157 Å². The van der Waals surface area contributed by atoms with E-state index in [9.17, 15) is 24.4 Å². The second-order valence-electron chi connectivity index (χ2n) is 29.8. The van der Waals surface area contributed by atoms with Crippen LogP contribution in [0.4, 0.5) is 29.2 Å². The second kappa shape index (κ2) is 39.6. The van der Waals surface area contributed by atoms with Crippen LogP contribution in [0.1, 0.15) is 34.2 Å². The molecule has 0 unspecified atom stereocenters. The molecule has 0 spiro atoms. The first kappa shape index (κ1) is 86.6. The zero-order valence-corrected chi connectivity index (χ0v) is 72.2. The summed E-state index contributed by atoms with van der Waals surface area (Å²) >= 11 is 6.20. The van der Waals surface area contributed by atoms with Crippen LogP contribution in [0, 0.1) is 45.9 Å². The number of fused-ring (bicyclic) bond motifs is 4. The summed E-state index contributed by atoms with van der Waals surface area (Å²) in [4.78, 5) is 149.